The third-order valence-corrected chi connectivity index (χ3v) is 2.28. The van der Waals surface area contributed by atoms with Gasteiger partial charge >= 0.3 is 0 Å². The Morgan fingerprint density at radius 1 is 1.43 bits per heavy atom. The van der Waals surface area contributed by atoms with Crippen molar-refractivity contribution < 1.29 is 9.53 Å². The number of carbonyl (C=O) groups excluding carboxylic acids is 1. The van der Waals surface area contributed by atoms with Gasteiger partial charge in [0, 0.05) is 19.3 Å². The Labute approximate surface area is 91.2 Å². The minimum absolute atomic E-state index is 0.0500. The van der Waals surface area contributed by atoms with E-state index in [4.69, 9.17) is 4.74 Å². The van der Waals surface area contributed by atoms with E-state index in [2.05, 4.69) is 0 Å². The fourth-order valence-corrected chi connectivity index (χ4v) is 1.20. The highest BCUT2D eigenvalue weighted by Crippen LogP contribution is 2.06. The first kappa shape index (κ1) is 13.8. The molecule has 0 rings (SSSR count). The summed E-state index contributed by atoms with van der Waals surface area (Å²) in [5.41, 5.74) is -0.240. The summed E-state index contributed by atoms with van der Waals surface area (Å²) in [7, 11) is 1.81. The smallest absolute Gasteiger partial charge is 0.248 e. The van der Waals surface area contributed by atoms with E-state index in [9.17, 15) is 4.79 Å². The number of hydrogen-bond acceptors (Lipinski definition) is 3. The van der Waals surface area contributed by atoms with Crippen LogP contribution < -0.4 is 0 Å². The summed E-state index contributed by atoms with van der Waals surface area (Å²) in [6.45, 7) is 6.80. The van der Waals surface area contributed by atoms with E-state index in [1.807, 2.05) is 34.1 Å². The molecular weight excluding hydrogens is 198 g/mol. The largest absolute Gasteiger partial charge is 0.366 e. The van der Waals surface area contributed by atoms with E-state index in [1.54, 1.807) is 16.7 Å². The number of thioether (sulfide) groups is 1. The fourth-order valence-electron chi connectivity index (χ4n) is 0.741. The van der Waals surface area contributed by atoms with Crippen molar-refractivity contribution in [1.29, 1.82) is 0 Å². The highest BCUT2D eigenvalue weighted by atomic mass is 32.2. The maximum atomic E-state index is 11.5. The Morgan fingerprint density at radius 3 is 2.43 bits per heavy atom. The molecule has 0 unspecified atom stereocenters. The molecule has 0 bridgehead atoms. The van der Waals surface area contributed by atoms with Gasteiger partial charge in [0.15, 0.2) is 0 Å². The second-order valence-corrected chi connectivity index (χ2v) is 5.19. The molecule has 0 aliphatic heterocycles. The lowest BCUT2D eigenvalue weighted by atomic mass is 10.2. The van der Waals surface area contributed by atoms with Gasteiger partial charge in [0.2, 0.25) is 5.91 Å². The first-order valence-corrected chi connectivity index (χ1v) is 6.13. The van der Waals surface area contributed by atoms with Gasteiger partial charge in [-0.25, -0.2) is 0 Å². The van der Waals surface area contributed by atoms with E-state index in [0.717, 1.165) is 12.3 Å². The summed E-state index contributed by atoms with van der Waals surface area (Å²) >= 11 is 1.74. The van der Waals surface area contributed by atoms with Crippen molar-refractivity contribution in [3.05, 3.63) is 0 Å². The SMILES string of the molecule is CSCCN(C)C(=O)COC(C)(C)C. The van der Waals surface area contributed by atoms with E-state index >= 15 is 0 Å². The molecular formula is C10H21NO2S. The molecule has 0 aliphatic carbocycles. The van der Waals surface area contributed by atoms with Crippen LogP contribution in [-0.4, -0.2) is 48.6 Å². The highest BCUT2D eigenvalue weighted by molar-refractivity contribution is 7.98. The molecule has 84 valence electrons. The number of carbonyl (C=O) groups is 1. The molecule has 0 saturated carbocycles. The number of likely N-dealkylation sites (N-methyl/N-ethyl adjacent to an activating group) is 1. The summed E-state index contributed by atoms with van der Waals surface area (Å²) in [4.78, 5) is 13.2. The summed E-state index contributed by atoms with van der Waals surface area (Å²) < 4.78 is 5.39. The molecule has 0 aromatic rings. The van der Waals surface area contributed by atoms with Gasteiger partial charge in [-0.1, -0.05) is 0 Å². The van der Waals surface area contributed by atoms with E-state index in [-0.39, 0.29) is 18.1 Å². The molecule has 0 fully saturated rings. The Morgan fingerprint density at radius 2 is 2.00 bits per heavy atom. The number of hydrogen-bond donors (Lipinski definition) is 0. The van der Waals surface area contributed by atoms with E-state index in [0.29, 0.717) is 0 Å². The van der Waals surface area contributed by atoms with Gasteiger partial charge in [0.1, 0.15) is 6.61 Å². The van der Waals surface area contributed by atoms with Crippen molar-refractivity contribution in [1.82, 2.24) is 4.90 Å². The minimum Gasteiger partial charge on any atom is -0.366 e. The number of rotatable bonds is 5. The summed E-state index contributed by atoms with van der Waals surface area (Å²) in [6.07, 6.45) is 2.03. The van der Waals surface area contributed by atoms with Gasteiger partial charge in [0.25, 0.3) is 0 Å². The summed E-state index contributed by atoms with van der Waals surface area (Å²) in [6, 6.07) is 0. The van der Waals surface area contributed by atoms with Crippen molar-refractivity contribution in [3.8, 4) is 0 Å². The molecule has 14 heavy (non-hydrogen) atoms. The second-order valence-electron chi connectivity index (χ2n) is 4.21. The van der Waals surface area contributed by atoms with Crippen LogP contribution in [0.4, 0.5) is 0 Å². The topological polar surface area (TPSA) is 29.5 Å². The maximum absolute atomic E-state index is 11.5. The molecule has 0 N–H and O–H groups in total. The zero-order chi connectivity index (χ0) is 11.2. The Hall–Kier alpha value is -0.220. The maximum Gasteiger partial charge on any atom is 0.248 e. The van der Waals surface area contributed by atoms with Crippen molar-refractivity contribution in [3.63, 3.8) is 0 Å². The monoisotopic (exact) mass is 219 g/mol. The van der Waals surface area contributed by atoms with Gasteiger partial charge in [-0.2, -0.15) is 11.8 Å². The number of nitrogens with zero attached hydrogens (tertiary/aromatic N) is 1. The van der Waals surface area contributed by atoms with Gasteiger partial charge in [0.05, 0.1) is 5.60 Å². The van der Waals surface area contributed by atoms with Crippen LogP contribution in [0.5, 0.6) is 0 Å². The predicted molar refractivity (Wildman–Crippen MR) is 61.7 cm³/mol. The molecule has 3 nitrogen and oxygen atoms in total. The molecule has 0 atom stereocenters. The van der Waals surface area contributed by atoms with Crippen molar-refractivity contribution in [2.75, 3.05) is 32.2 Å². The summed E-state index contributed by atoms with van der Waals surface area (Å²) in [5.74, 6) is 1.02. The molecule has 4 heteroatoms. The highest BCUT2D eigenvalue weighted by Gasteiger charge is 2.14. The third-order valence-electron chi connectivity index (χ3n) is 1.69. The molecule has 1 amide bonds. The Bertz CT molecular complexity index is 177. The molecule has 0 aromatic carbocycles. The van der Waals surface area contributed by atoms with Gasteiger partial charge in [-0.15, -0.1) is 0 Å². The Kier molecular flexibility index (Phi) is 6.20. The first-order valence-electron chi connectivity index (χ1n) is 4.73. The lowest BCUT2D eigenvalue weighted by Crippen LogP contribution is -2.35. The van der Waals surface area contributed by atoms with E-state index < -0.39 is 0 Å². The Balaban J connectivity index is 3.73. The number of amides is 1. The van der Waals surface area contributed by atoms with Crippen LogP contribution in [0, 0.1) is 0 Å². The molecule has 0 heterocycles. The van der Waals surface area contributed by atoms with Crippen molar-refractivity contribution >= 4 is 17.7 Å². The van der Waals surface area contributed by atoms with E-state index in [1.165, 1.54) is 0 Å². The van der Waals surface area contributed by atoms with Crippen LogP contribution in [0.25, 0.3) is 0 Å². The minimum atomic E-state index is -0.240. The van der Waals surface area contributed by atoms with Crippen molar-refractivity contribution in [2.24, 2.45) is 0 Å². The van der Waals surface area contributed by atoms with Crippen LogP contribution in [-0.2, 0) is 9.53 Å². The molecule has 0 spiro atoms. The number of ether oxygens (including phenoxy) is 1. The van der Waals surface area contributed by atoms with Crippen LogP contribution in [0.15, 0.2) is 0 Å². The van der Waals surface area contributed by atoms with Gasteiger partial charge in [-0.05, 0) is 27.0 Å². The quantitative estimate of drug-likeness (QED) is 0.704. The molecule has 0 aliphatic rings. The predicted octanol–water partition coefficient (Wildman–Crippen LogP) is 1.62. The average molecular weight is 219 g/mol. The lowest BCUT2D eigenvalue weighted by molar-refractivity contribution is -0.139. The van der Waals surface area contributed by atoms with Crippen LogP contribution >= 0.6 is 11.8 Å². The van der Waals surface area contributed by atoms with Gasteiger partial charge < -0.3 is 9.64 Å². The molecule has 0 radical (unpaired) electrons. The average Bonchev–Trinajstić information content (AvgIpc) is 2.09. The first-order chi connectivity index (χ1) is 6.37. The van der Waals surface area contributed by atoms with Crippen LogP contribution in [0.2, 0.25) is 0 Å². The van der Waals surface area contributed by atoms with Gasteiger partial charge in [-0.3, -0.25) is 4.79 Å². The molecule has 0 saturated heterocycles. The van der Waals surface area contributed by atoms with Crippen LogP contribution in [0.1, 0.15) is 20.8 Å². The summed E-state index contributed by atoms with van der Waals surface area (Å²) in [5, 5.41) is 0. The van der Waals surface area contributed by atoms with Crippen molar-refractivity contribution in [2.45, 2.75) is 26.4 Å². The zero-order valence-electron chi connectivity index (χ0n) is 9.79. The lowest BCUT2D eigenvalue weighted by Gasteiger charge is -2.22. The zero-order valence-corrected chi connectivity index (χ0v) is 10.6. The molecule has 0 aromatic heterocycles. The van der Waals surface area contributed by atoms with Crippen LogP contribution in [0.3, 0.4) is 0 Å². The standard InChI is InChI=1S/C10H21NO2S/c1-10(2,3)13-8-9(12)11(4)6-7-14-5/h6-8H2,1-5H3. The third kappa shape index (κ3) is 7.21. The fraction of sp³-hybridized carbons (Fsp3) is 0.900. The second kappa shape index (κ2) is 6.30. The normalized spacial score (nSPS) is 11.5.